The lowest BCUT2D eigenvalue weighted by Gasteiger charge is -2.02. The number of hydrazine groups is 1. The number of hydrogen-bond acceptors (Lipinski definition) is 5. The summed E-state index contributed by atoms with van der Waals surface area (Å²) in [5.74, 6) is -0.0332. The number of hydrogen-bond donors (Lipinski definition) is 2. The molecule has 1 aromatic carbocycles. The summed E-state index contributed by atoms with van der Waals surface area (Å²) >= 11 is 1.35. The van der Waals surface area contributed by atoms with Crippen molar-refractivity contribution in [2.75, 3.05) is 7.11 Å². The molecule has 0 fully saturated rings. The van der Waals surface area contributed by atoms with Crippen LogP contribution in [0.25, 0.3) is 10.6 Å². The Hall–Kier alpha value is -2.41. The molecule has 1 heterocycles. The molecule has 7 heteroatoms. The van der Waals surface area contributed by atoms with E-state index in [1.807, 2.05) is 24.3 Å². The van der Waals surface area contributed by atoms with Crippen molar-refractivity contribution in [3.63, 3.8) is 0 Å². The van der Waals surface area contributed by atoms with E-state index in [0.29, 0.717) is 0 Å². The topological polar surface area (TPSA) is 80.3 Å². The summed E-state index contributed by atoms with van der Waals surface area (Å²) in [5.41, 5.74) is 5.64. The Kier molecular flexibility index (Phi) is 4.31. The molecule has 20 heavy (non-hydrogen) atoms. The van der Waals surface area contributed by atoms with Gasteiger partial charge in [0.25, 0.3) is 5.91 Å². The lowest BCUT2D eigenvalue weighted by atomic mass is 10.2. The van der Waals surface area contributed by atoms with Crippen LogP contribution in [0.1, 0.15) is 17.4 Å². The Balaban J connectivity index is 2.11. The fourth-order valence-electron chi connectivity index (χ4n) is 1.45. The van der Waals surface area contributed by atoms with Gasteiger partial charge >= 0.3 is 0 Å². The van der Waals surface area contributed by atoms with Gasteiger partial charge in [-0.25, -0.2) is 4.98 Å². The summed E-state index contributed by atoms with van der Waals surface area (Å²) in [6.07, 6.45) is 0. The van der Waals surface area contributed by atoms with E-state index >= 15 is 0 Å². The molecule has 0 aliphatic heterocycles. The molecule has 0 atom stereocenters. The van der Waals surface area contributed by atoms with E-state index in [-0.39, 0.29) is 11.6 Å². The lowest BCUT2D eigenvalue weighted by Crippen LogP contribution is -2.40. The fraction of sp³-hybridized carbons (Fsp3) is 0.154. The van der Waals surface area contributed by atoms with E-state index in [9.17, 15) is 9.59 Å². The largest absolute Gasteiger partial charge is 0.497 e. The van der Waals surface area contributed by atoms with Crippen molar-refractivity contribution < 1.29 is 14.3 Å². The highest BCUT2D eigenvalue weighted by Crippen LogP contribution is 2.25. The number of aromatic nitrogens is 1. The molecule has 0 saturated heterocycles. The highest BCUT2D eigenvalue weighted by atomic mass is 32.1. The van der Waals surface area contributed by atoms with Crippen molar-refractivity contribution in [1.29, 1.82) is 0 Å². The second kappa shape index (κ2) is 6.16. The SMILES string of the molecule is COc1ccc(-c2nc(C(=O)NNC(C)=O)cs2)cc1. The maximum absolute atomic E-state index is 11.7. The second-order valence-corrected chi connectivity index (χ2v) is 4.76. The van der Waals surface area contributed by atoms with Crippen molar-refractivity contribution in [2.24, 2.45) is 0 Å². The minimum atomic E-state index is -0.448. The van der Waals surface area contributed by atoms with Crippen LogP contribution < -0.4 is 15.6 Å². The first-order chi connectivity index (χ1) is 9.60. The van der Waals surface area contributed by atoms with Gasteiger partial charge < -0.3 is 4.74 Å². The Morgan fingerprint density at radius 2 is 1.90 bits per heavy atom. The molecule has 0 unspecified atom stereocenters. The van der Waals surface area contributed by atoms with Gasteiger partial charge in [-0.05, 0) is 24.3 Å². The third-order valence-corrected chi connectivity index (χ3v) is 3.32. The van der Waals surface area contributed by atoms with Crippen LogP contribution in [0.3, 0.4) is 0 Å². The van der Waals surface area contributed by atoms with Crippen LogP contribution in [0.15, 0.2) is 29.6 Å². The average Bonchev–Trinajstić information content (AvgIpc) is 2.94. The molecule has 0 radical (unpaired) electrons. The first-order valence-corrected chi connectivity index (χ1v) is 6.65. The molecule has 0 bridgehead atoms. The van der Waals surface area contributed by atoms with E-state index in [1.165, 1.54) is 18.3 Å². The van der Waals surface area contributed by atoms with Crippen molar-refractivity contribution in [2.45, 2.75) is 6.92 Å². The molecule has 2 aromatic rings. The zero-order chi connectivity index (χ0) is 14.5. The summed E-state index contributed by atoms with van der Waals surface area (Å²) < 4.78 is 5.08. The van der Waals surface area contributed by atoms with Gasteiger partial charge in [-0.2, -0.15) is 0 Å². The molecule has 104 valence electrons. The molecule has 2 rings (SSSR count). The van der Waals surface area contributed by atoms with Crippen LogP contribution in [-0.4, -0.2) is 23.9 Å². The maximum atomic E-state index is 11.7. The quantitative estimate of drug-likeness (QED) is 0.842. The minimum absolute atomic E-state index is 0.259. The summed E-state index contributed by atoms with van der Waals surface area (Å²) in [5, 5.41) is 2.36. The number of thiazole rings is 1. The van der Waals surface area contributed by atoms with Gasteiger partial charge in [0.15, 0.2) is 0 Å². The van der Waals surface area contributed by atoms with Crippen LogP contribution in [-0.2, 0) is 4.79 Å². The number of rotatable bonds is 3. The van der Waals surface area contributed by atoms with Gasteiger partial charge in [0.1, 0.15) is 16.5 Å². The lowest BCUT2D eigenvalue weighted by molar-refractivity contribution is -0.119. The average molecular weight is 291 g/mol. The molecule has 0 aliphatic carbocycles. The zero-order valence-corrected chi connectivity index (χ0v) is 11.8. The molecule has 0 spiro atoms. The van der Waals surface area contributed by atoms with Gasteiger partial charge in [-0.3, -0.25) is 20.4 Å². The predicted octanol–water partition coefficient (Wildman–Crippen LogP) is 1.60. The Labute approximate surface area is 119 Å². The number of carbonyl (C=O) groups is 2. The van der Waals surface area contributed by atoms with E-state index < -0.39 is 5.91 Å². The second-order valence-electron chi connectivity index (χ2n) is 3.90. The molecular formula is C13H13N3O3S. The van der Waals surface area contributed by atoms with Crippen LogP contribution in [0.2, 0.25) is 0 Å². The predicted molar refractivity (Wildman–Crippen MR) is 75.4 cm³/mol. The van der Waals surface area contributed by atoms with E-state index in [4.69, 9.17) is 4.74 Å². The molecule has 6 nitrogen and oxygen atoms in total. The molecule has 2 N–H and O–H groups in total. The number of carbonyl (C=O) groups excluding carboxylic acids is 2. The van der Waals surface area contributed by atoms with Crippen LogP contribution >= 0.6 is 11.3 Å². The van der Waals surface area contributed by atoms with E-state index in [0.717, 1.165) is 16.3 Å². The molecular weight excluding hydrogens is 278 g/mol. The standard InChI is InChI=1S/C13H13N3O3S/c1-8(17)15-16-12(18)11-7-20-13(14-11)9-3-5-10(19-2)6-4-9/h3-7H,1-2H3,(H,15,17)(H,16,18). The molecule has 2 amide bonds. The fourth-order valence-corrected chi connectivity index (χ4v) is 2.26. The minimum Gasteiger partial charge on any atom is -0.497 e. The molecule has 1 aromatic heterocycles. The van der Waals surface area contributed by atoms with Crippen LogP contribution in [0.5, 0.6) is 5.75 Å². The summed E-state index contributed by atoms with van der Waals surface area (Å²) in [4.78, 5) is 26.6. The van der Waals surface area contributed by atoms with E-state index in [2.05, 4.69) is 15.8 Å². The Morgan fingerprint density at radius 3 is 2.50 bits per heavy atom. The van der Waals surface area contributed by atoms with Crippen molar-refractivity contribution in [1.82, 2.24) is 15.8 Å². The van der Waals surface area contributed by atoms with E-state index in [1.54, 1.807) is 12.5 Å². The molecule has 0 saturated carbocycles. The van der Waals surface area contributed by atoms with Crippen LogP contribution in [0.4, 0.5) is 0 Å². The third kappa shape index (κ3) is 3.33. The Bertz CT molecular complexity index is 622. The number of ether oxygens (including phenoxy) is 1. The van der Waals surface area contributed by atoms with Crippen LogP contribution in [0, 0.1) is 0 Å². The number of benzene rings is 1. The molecule has 0 aliphatic rings. The number of methoxy groups -OCH3 is 1. The normalized spacial score (nSPS) is 9.90. The summed E-state index contributed by atoms with van der Waals surface area (Å²) in [6, 6.07) is 7.39. The van der Waals surface area contributed by atoms with Crippen molar-refractivity contribution >= 4 is 23.2 Å². The van der Waals surface area contributed by atoms with Gasteiger partial charge in [0.2, 0.25) is 5.91 Å². The Morgan fingerprint density at radius 1 is 1.20 bits per heavy atom. The summed E-state index contributed by atoms with van der Waals surface area (Å²) in [7, 11) is 1.60. The third-order valence-electron chi connectivity index (χ3n) is 2.43. The monoisotopic (exact) mass is 291 g/mol. The highest BCUT2D eigenvalue weighted by molar-refractivity contribution is 7.13. The summed E-state index contributed by atoms with van der Waals surface area (Å²) in [6.45, 7) is 1.31. The van der Waals surface area contributed by atoms with Gasteiger partial charge in [-0.1, -0.05) is 0 Å². The smallest absolute Gasteiger partial charge is 0.289 e. The van der Waals surface area contributed by atoms with Gasteiger partial charge in [0, 0.05) is 17.9 Å². The highest BCUT2D eigenvalue weighted by Gasteiger charge is 2.11. The number of nitrogens with one attached hydrogen (secondary N) is 2. The zero-order valence-electron chi connectivity index (χ0n) is 11.0. The van der Waals surface area contributed by atoms with Gasteiger partial charge in [0.05, 0.1) is 7.11 Å². The first kappa shape index (κ1) is 14.0. The first-order valence-electron chi connectivity index (χ1n) is 5.77. The van der Waals surface area contributed by atoms with Crippen molar-refractivity contribution in [3.8, 4) is 16.3 Å². The van der Waals surface area contributed by atoms with Gasteiger partial charge in [-0.15, -0.1) is 11.3 Å². The number of nitrogens with zero attached hydrogens (tertiary/aromatic N) is 1. The van der Waals surface area contributed by atoms with Crippen molar-refractivity contribution in [3.05, 3.63) is 35.3 Å². The maximum Gasteiger partial charge on any atom is 0.289 e. The number of amides is 2.